The monoisotopic (exact) mass is 344 g/mol. The van der Waals surface area contributed by atoms with Crippen LogP contribution in [-0.4, -0.2) is 34.9 Å². The first-order valence-electron chi connectivity index (χ1n) is 7.53. The Morgan fingerprint density at radius 3 is 2.62 bits per heavy atom. The van der Waals surface area contributed by atoms with Crippen LogP contribution in [0.1, 0.15) is 16.5 Å². The number of carbonyl (C=O) groups is 2. The predicted octanol–water partition coefficient (Wildman–Crippen LogP) is 2.11. The minimum atomic E-state index is -0.757. The molecular weight excluding hydrogens is 324 g/mol. The van der Waals surface area contributed by atoms with Crippen molar-refractivity contribution in [3.63, 3.8) is 0 Å². The Labute approximate surface area is 145 Å². The van der Waals surface area contributed by atoms with E-state index in [1.807, 2.05) is 47.8 Å². The van der Waals surface area contributed by atoms with E-state index in [-0.39, 0.29) is 19.0 Å². The minimum Gasteiger partial charge on any atom is -0.386 e. The third-order valence-corrected chi connectivity index (χ3v) is 4.41. The molecule has 24 heavy (non-hydrogen) atoms. The summed E-state index contributed by atoms with van der Waals surface area (Å²) in [5.74, 6) is -0.661. The quantitative estimate of drug-likeness (QED) is 0.721. The molecule has 0 spiro atoms. The molecule has 0 bridgehead atoms. The summed E-state index contributed by atoms with van der Waals surface area (Å²) in [6.45, 7) is 3.76. The molecule has 2 rings (SSSR count). The summed E-state index contributed by atoms with van der Waals surface area (Å²) in [6, 6.07) is 13.2. The van der Waals surface area contributed by atoms with Gasteiger partial charge in [0, 0.05) is 11.4 Å². The van der Waals surface area contributed by atoms with Gasteiger partial charge in [0.05, 0.1) is 13.1 Å². The molecule has 0 aliphatic heterocycles. The van der Waals surface area contributed by atoms with Gasteiger partial charge < -0.3 is 15.3 Å². The standard InChI is InChI=1S/C18H20N2O3S/c1-2-17(22)19-11-18(23)20(12-14-7-4-3-5-8-14)13-15(21)16-9-6-10-24-16/h2-10,15,21H,1,11-13H2,(H,19,22). The fraction of sp³-hybridized carbons (Fsp3) is 0.222. The minimum absolute atomic E-state index is 0.130. The van der Waals surface area contributed by atoms with Crippen LogP contribution in [0.2, 0.25) is 0 Å². The summed E-state index contributed by atoms with van der Waals surface area (Å²) in [7, 11) is 0. The molecule has 1 atom stereocenters. The SMILES string of the molecule is C=CC(=O)NCC(=O)N(Cc1ccccc1)CC(O)c1cccs1. The zero-order chi connectivity index (χ0) is 17.4. The molecule has 6 heteroatoms. The van der Waals surface area contributed by atoms with Crippen LogP contribution < -0.4 is 5.32 Å². The lowest BCUT2D eigenvalue weighted by Gasteiger charge is -2.25. The second-order valence-corrected chi connectivity index (χ2v) is 6.19. The van der Waals surface area contributed by atoms with Gasteiger partial charge in [0.1, 0.15) is 6.10 Å². The Kier molecular flexibility index (Phi) is 6.72. The molecule has 1 aromatic heterocycles. The number of thiophene rings is 1. The number of amides is 2. The zero-order valence-electron chi connectivity index (χ0n) is 13.2. The highest BCUT2D eigenvalue weighted by Gasteiger charge is 2.20. The van der Waals surface area contributed by atoms with Crippen LogP contribution in [0, 0.1) is 0 Å². The molecule has 0 saturated heterocycles. The first kappa shape index (κ1) is 17.9. The van der Waals surface area contributed by atoms with Crippen molar-refractivity contribution in [2.24, 2.45) is 0 Å². The van der Waals surface area contributed by atoms with Crippen molar-refractivity contribution in [3.05, 3.63) is 70.9 Å². The zero-order valence-corrected chi connectivity index (χ0v) is 14.0. The van der Waals surface area contributed by atoms with E-state index < -0.39 is 12.0 Å². The average molecular weight is 344 g/mol. The molecular formula is C18H20N2O3S. The number of benzene rings is 1. The number of carbonyl (C=O) groups excluding carboxylic acids is 2. The summed E-state index contributed by atoms with van der Waals surface area (Å²) < 4.78 is 0. The predicted molar refractivity (Wildman–Crippen MR) is 94.3 cm³/mol. The summed E-state index contributed by atoms with van der Waals surface area (Å²) in [5, 5.41) is 14.7. The van der Waals surface area contributed by atoms with Crippen molar-refractivity contribution in [1.82, 2.24) is 10.2 Å². The molecule has 0 fully saturated rings. The molecule has 1 unspecified atom stereocenters. The summed E-state index contributed by atoms with van der Waals surface area (Å²) in [5.41, 5.74) is 0.958. The van der Waals surface area contributed by atoms with Gasteiger partial charge in [-0.1, -0.05) is 43.0 Å². The third-order valence-electron chi connectivity index (χ3n) is 3.43. The Morgan fingerprint density at radius 2 is 2.00 bits per heavy atom. The van der Waals surface area contributed by atoms with Crippen LogP contribution in [-0.2, 0) is 16.1 Å². The molecule has 5 nitrogen and oxygen atoms in total. The van der Waals surface area contributed by atoms with Crippen molar-refractivity contribution in [2.45, 2.75) is 12.6 Å². The molecule has 1 aromatic carbocycles. The Bertz CT molecular complexity index is 671. The number of nitrogens with zero attached hydrogens (tertiary/aromatic N) is 1. The molecule has 2 amide bonds. The summed E-state index contributed by atoms with van der Waals surface area (Å²) >= 11 is 1.44. The topological polar surface area (TPSA) is 69.6 Å². The lowest BCUT2D eigenvalue weighted by atomic mass is 10.2. The summed E-state index contributed by atoms with van der Waals surface area (Å²) in [4.78, 5) is 26.0. The second-order valence-electron chi connectivity index (χ2n) is 5.21. The van der Waals surface area contributed by atoms with Crippen molar-refractivity contribution < 1.29 is 14.7 Å². The Morgan fingerprint density at radius 1 is 1.25 bits per heavy atom. The maximum Gasteiger partial charge on any atom is 0.243 e. The van der Waals surface area contributed by atoms with Gasteiger partial charge in [0.15, 0.2) is 0 Å². The number of hydrogen-bond donors (Lipinski definition) is 2. The third kappa shape index (κ3) is 5.33. The molecule has 0 aliphatic carbocycles. The number of aliphatic hydroxyl groups is 1. The Hall–Kier alpha value is -2.44. The smallest absolute Gasteiger partial charge is 0.243 e. The first-order chi connectivity index (χ1) is 11.6. The first-order valence-corrected chi connectivity index (χ1v) is 8.41. The van der Waals surface area contributed by atoms with E-state index in [9.17, 15) is 14.7 Å². The maximum atomic E-state index is 12.4. The average Bonchev–Trinajstić information content (AvgIpc) is 3.14. The van der Waals surface area contributed by atoms with E-state index in [4.69, 9.17) is 0 Å². The number of aliphatic hydroxyl groups excluding tert-OH is 1. The normalized spacial score (nSPS) is 11.5. The van der Waals surface area contributed by atoms with E-state index in [1.165, 1.54) is 11.3 Å². The second kappa shape index (κ2) is 9.00. The molecule has 2 N–H and O–H groups in total. The van der Waals surface area contributed by atoms with E-state index in [0.717, 1.165) is 16.5 Å². The molecule has 126 valence electrons. The fourth-order valence-corrected chi connectivity index (χ4v) is 2.89. The highest BCUT2D eigenvalue weighted by molar-refractivity contribution is 7.10. The van der Waals surface area contributed by atoms with Gasteiger partial charge in [0.25, 0.3) is 0 Å². The van der Waals surface area contributed by atoms with Gasteiger partial charge in [-0.2, -0.15) is 0 Å². The fourth-order valence-electron chi connectivity index (χ4n) is 2.18. The van der Waals surface area contributed by atoms with Crippen molar-refractivity contribution >= 4 is 23.2 Å². The van der Waals surface area contributed by atoms with Crippen molar-refractivity contribution in [1.29, 1.82) is 0 Å². The molecule has 0 aliphatic rings. The molecule has 0 saturated carbocycles. The van der Waals surface area contributed by atoms with E-state index in [0.29, 0.717) is 6.54 Å². The largest absolute Gasteiger partial charge is 0.386 e. The van der Waals surface area contributed by atoms with Crippen LogP contribution in [0.3, 0.4) is 0 Å². The van der Waals surface area contributed by atoms with Crippen LogP contribution >= 0.6 is 11.3 Å². The van der Waals surface area contributed by atoms with Gasteiger partial charge in [-0.25, -0.2) is 0 Å². The van der Waals surface area contributed by atoms with Gasteiger partial charge in [-0.15, -0.1) is 11.3 Å². The van der Waals surface area contributed by atoms with Crippen molar-refractivity contribution in [2.75, 3.05) is 13.1 Å². The van der Waals surface area contributed by atoms with Gasteiger partial charge in [-0.3, -0.25) is 9.59 Å². The maximum absolute atomic E-state index is 12.4. The van der Waals surface area contributed by atoms with Gasteiger partial charge in [0.2, 0.25) is 11.8 Å². The van der Waals surface area contributed by atoms with Gasteiger partial charge >= 0.3 is 0 Å². The van der Waals surface area contributed by atoms with Crippen LogP contribution in [0.5, 0.6) is 0 Å². The number of nitrogens with one attached hydrogen (secondary N) is 1. The van der Waals surface area contributed by atoms with Crippen LogP contribution in [0.15, 0.2) is 60.5 Å². The lowest BCUT2D eigenvalue weighted by molar-refractivity contribution is -0.134. The van der Waals surface area contributed by atoms with E-state index in [2.05, 4.69) is 11.9 Å². The molecule has 1 heterocycles. The number of hydrogen-bond acceptors (Lipinski definition) is 4. The number of rotatable bonds is 8. The molecule has 0 radical (unpaired) electrons. The highest BCUT2D eigenvalue weighted by Crippen LogP contribution is 2.20. The highest BCUT2D eigenvalue weighted by atomic mass is 32.1. The van der Waals surface area contributed by atoms with Crippen molar-refractivity contribution in [3.8, 4) is 0 Å². The van der Waals surface area contributed by atoms with Crippen LogP contribution in [0.4, 0.5) is 0 Å². The van der Waals surface area contributed by atoms with Gasteiger partial charge in [-0.05, 0) is 23.1 Å². The van der Waals surface area contributed by atoms with E-state index >= 15 is 0 Å². The van der Waals surface area contributed by atoms with Crippen LogP contribution in [0.25, 0.3) is 0 Å². The van der Waals surface area contributed by atoms with E-state index in [1.54, 1.807) is 4.90 Å². The molecule has 2 aromatic rings. The lowest BCUT2D eigenvalue weighted by Crippen LogP contribution is -2.41. The Balaban J connectivity index is 2.06. The summed E-state index contributed by atoms with van der Waals surface area (Å²) in [6.07, 6.45) is 0.364.